The summed E-state index contributed by atoms with van der Waals surface area (Å²) in [7, 11) is 0. The maximum atomic E-state index is 11.4. The van der Waals surface area contributed by atoms with Gasteiger partial charge < -0.3 is 4.74 Å². The summed E-state index contributed by atoms with van der Waals surface area (Å²) in [6.45, 7) is -0.913. The first-order valence-electron chi connectivity index (χ1n) is 2.24. The summed E-state index contributed by atoms with van der Waals surface area (Å²) in [4.78, 5) is 10.5. The van der Waals surface area contributed by atoms with Crippen molar-refractivity contribution in [3.05, 3.63) is 12.7 Å². The van der Waals surface area contributed by atoms with E-state index >= 15 is 0 Å². The molecule has 0 bridgehead atoms. The molecule has 0 unspecified atom stereocenters. The zero-order chi connectivity index (χ0) is 6.53. The number of hydrogen-bond donors (Lipinski definition) is 0. The highest BCUT2D eigenvalue weighted by Crippen LogP contribution is 1.94. The third-order valence-corrected chi connectivity index (χ3v) is 0.653. The van der Waals surface area contributed by atoms with Gasteiger partial charge in [-0.05, 0) is 0 Å². The van der Waals surface area contributed by atoms with E-state index in [2.05, 4.69) is 19.7 Å². The topological polar surface area (TPSA) is 47.9 Å². The Morgan fingerprint density at radius 1 is 1.44 bits per heavy atom. The van der Waals surface area contributed by atoms with Crippen LogP contribution in [0, 0.1) is 0 Å². The first-order chi connectivity index (χ1) is 4.43. The Balaban J connectivity index is 2.61. The summed E-state index contributed by atoms with van der Waals surface area (Å²) in [5, 5.41) is 0. The van der Waals surface area contributed by atoms with Gasteiger partial charge in [-0.2, -0.15) is 9.97 Å². The molecule has 5 heteroatoms. The normalized spacial score (nSPS) is 9.00. The van der Waals surface area contributed by atoms with E-state index in [0.717, 1.165) is 0 Å². The Labute approximate surface area is 50.7 Å². The van der Waals surface area contributed by atoms with Crippen molar-refractivity contribution in [1.82, 2.24) is 15.0 Å². The van der Waals surface area contributed by atoms with E-state index in [9.17, 15) is 4.39 Å². The van der Waals surface area contributed by atoms with Crippen molar-refractivity contribution in [2.24, 2.45) is 0 Å². The lowest BCUT2D eigenvalue weighted by molar-refractivity contribution is 0.176. The number of aromatic nitrogens is 3. The Kier molecular flexibility index (Phi) is 1.90. The van der Waals surface area contributed by atoms with Crippen LogP contribution < -0.4 is 4.74 Å². The van der Waals surface area contributed by atoms with Gasteiger partial charge in [0.1, 0.15) is 12.7 Å². The van der Waals surface area contributed by atoms with Gasteiger partial charge in [0.2, 0.25) is 6.86 Å². The third-order valence-electron chi connectivity index (χ3n) is 0.653. The highest BCUT2D eigenvalue weighted by atomic mass is 19.1. The fraction of sp³-hybridized carbons (Fsp3) is 0.250. The molecule has 1 heterocycles. The Bertz CT molecular complexity index is 169. The summed E-state index contributed by atoms with van der Waals surface area (Å²) in [5.74, 6) is 0. The maximum Gasteiger partial charge on any atom is 0.321 e. The standard InChI is InChI=1S/C4H4FN3O/c5-1-9-4-7-2-6-3-8-4/h2-3H,1H2. The van der Waals surface area contributed by atoms with E-state index in [0.29, 0.717) is 0 Å². The number of halogens is 1. The smallest absolute Gasteiger partial charge is 0.321 e. The quantitative estimate of drug-likeness (QED) is 0.571. The molecule has 1 rings (SSSR count). The second-order valence-electron chi connectivity index (χ2n) is 1.17. The van der Waals surface area contributed by atoms with Gasteiger partial charge in [-0.25, -0.2) is 9.37 Å². The molecular formula is C4H4FN3O. The van der Waals surface area contributed by atoms with E-state index in [4.69, 9.17) is 0 Å². The van der Waals surface area contributed by atoms with Crippen molar-refractivity contribution < 1.29 is 9.13 Å². The first-order valence-corrected chi connectivity index (χ1v) is 2.24. The monoisotopic (exact) mass is 129 g/mol. The van der Waals surface area contributed by atoms with Gasteiger partial charge in [-0.1, -0.05) is 0 Å². The van der Waals surface area contributed by atoms with E-state index in [1.165, 1.54) is 12.7 Å². The largest absolute Gasteiger partial charge is 0.431 e. The molecule has 0 radical (unpaired) electrons. The lowest BCUT2D eigenvalue weighted by Gasteiger charge is -1.93. The van der Waals surface area contributed by atoms with Gasteiger partial charge in [-0.3, -0.25) is 0 Å². The van der Waals surface area contributed by atoms with E-state index < -0.39 is 6.86 Å². The van der Waals surface area contributed by atoms with Crippen LogP contribution in [-0.4, -0.2) is 21.8 Å². The van der Waals surface area contributed by atoms with Crippen LogP contribution in [0.25, 0.3) is 0 Å². The molecule has 0 saturated heterocycles. The summed E-state index contributed by atoms with van der Waals surface area (Å²) in [5.41, 5.74) is 0. The molecule has 0 aliphatic heterocycles. The first kappa shape index (κ1) is 5.87. The zero-order valence-electron chi connectivity index (χ0n) is 4.49. The van der Waals surface area contributed by atoms with Crippen molar-refractivity contribution in [1.29, 1.82) is 0 Å². The predicted molar refractivity (Wildman–Crippen MR) is 26.4 cm³/mol. The van der Waals surface area contributed by atoms with Gasteiger partial charge >= 0.3 is 6.01 Å². The summed E-state index contributed by atoms with van der Waals surface area (Å²) >= 11 is 0. The molecular weight excluding hydrogens is 125 g/mol. The van der Waals surface area contributed by atoms with Crippen molar-refractivity contribution in [2.45, 2.75) is 0 Å². The molecule has 9 heavy (non-hydrogen) atoms. The number of nitrogens with zero attached hydrogens (tertiary/aromatic N) is 3. The summed E-state index contributed by atoms with van der Waals surface area (Å²) in [6.07, 6.45) is 2.47. The molecule has 0 atom stereocenters. The second-order valence-corrected chi connectivity index (χ2v) is 1.17. The van der Waals surface area contributed by atoms with Crippen molar-refractivity contribution in [3.8, 4) is 6.01 Å². The maximum absolute atomic E-state index is 11.4. The molecule has 0 aliphatic rings. The van der Waals surface area contributed by atoms with Gasteiger partial charge in [0.25, 0.3) is 0 Å². The molecule has 0 N–H and O–H groups in total. The van der Waals surface area contributed by atoms with E-state index in [1.54, 1.807) is 0 Å². The van der Waals surface area contributed by atoms with E-state index in [-0.39, 0.29) is 6.01 Å². The predicted octanol–water partition coefficient (Wildman–Crippen LogP) is 0.177. The molecule has 4 nitrogen and oxygen atoms in total. The summed E-state index contributed by atoms with van der Waals surface area (Å²) < 4.78 is 15.6. The van der Waals surface area contributed by atoms with Crippen LogP contribution in [0.3, 0.4) is 0 Å². The van der Waals surface area contributed by atoms with Crippen LogP contribution in [0.5, 0.6) is 6.01 Å². The number of ether oxygens (including phenoxy) is 1. The number of alkyl halides is 1. The van der Waals surface area contributed by atoms with E-state index in [1.807, 2.05) is 0 Å². The van der Waals surface area contributed by atoms with Crippen LogP contribution >= 0.6 is 0 Å². The highest BCUT2D eigenvalue weighted by Gasteiger charge is 1.90. The fourth-order valence-electron chi connectivity index (χ4n) is 0.352. The molecule has 0 fully saturated rings. The average molecular weight is 129 g/mol. The lowest BCUT2D eigenvalue weighted by atomic mass is 11.0. The van der Waals surface area contributed by atoms with Gasteiger partial charge in [0.05, 0.1) is 0 Å². The molecule has 0 saturated carbocycles. The minimum Gasteiger partial charge on any atom is -0.431 e. The van der Waals surface area contributed by atoms with Crippen LogP contribution in [0.2, 0.25) is 0 Å². The van der Waals surface area contributed by atoms with Gasteiger partial charge in [0.15, 0.2) is 0 Å². The zero-order valence-corrected chi connectivity index (χ0v) is 4.49. The Morgan fingerprint density at radius 2 is 2.11 bits per heavy atom. The fourth-order valence-corrected chi connectivity index (χ4v) is 0.352. The SMILES string of the molecule is FCOc1ncncn1. The van der Waals surface area contributed by atoms with Crippen molar-refractivity contribution in [2.75, 3.05) is 6.86 Å². The molecule has 0 spiro atoms. The van der Waals surface area contributed by atoms with Crippen LogP contribution in [0.15, 0.2) is 12.7 Å². The molecule has 48 valence electrons. The Morgan fingerprint density at radius 3 is 2.67 bits per heavy atom. The minimum absolute atomic E-state index is 0.00694. The number of hydrogen-bond acceptors (Lipinski definition) is 4. The van der Waals surface area contributed by atoms with Crippen molar-refractivity contribution in [3.63, 3.8) is 0 Å². The molecule has 0 amide bonds. The summed E-state index contributed by atoms with van der Waals surface area (Å²) in [6, 6.07) is 0.00694. The molecule has 1 aromatic heterocycles. The minimum atomic E-state index is -0.913. The van der Waals surface area contributed by atoms with Crippen LogP contribution in [0.1, 0.15) is 0 Å². The van der Waals surface area contributed by atoms with Gasteiger partial charge in [0, 0.05) is 0 Å². The average Bonchev–Trinajstić information content (AvgIpc) is 1.91. The van der Waals surface area contributed by atoms with Crippen LogP contribution in [-0.2, 0) is 0 Å². The molecule has 1 aromatic rings. The lowest BCUT2D eigenvalue weighted by Crippen LogP contribution is -1.95. The van der Waals surface area contributed by atoms with Gasteiger partial charge in [-0.15, -0.1) is 0 Å². The third kappa shape index (κ3) is 1.60. The molecule has 0 aliphatic carbocycles. The Hall–Kier alpha value is -1.26. The number of rotatable bonds is 2. The highest BCUT2D eigenvalue weighted by molar-refractivity contribution is 4.85. The molecule has 0 aromatic carbocycles. The van der Waals surface area contributed by atoms with Crippen molar-refractivity contribution >= 4 is 0 Å². The van der Waals surface area contributed by atoms with Crippen LogP contribution in [0.4, 0.5) is 4.39 Å². The second kappa shape index (κ2) is 2.91.